The highest BCUT2D eigenvalue weighted by molar-refractivity contribution is 6.84. The van der Waals surface area contributed by atoms with Crippen molar-refractivity contribution < 1.29 is 38.5 Å². The number of rotatable bonds is 12. The van der Waals surface area contributed by atoms with Crippen LogP contribution in [0.25, 0.3) is 0 Å². The molecule has 10 heteroatoms. The lowest BCUT2D eigenvalue weighted by Crippen LogP contribution is -2.47. The van der Waals surface area contributed by atoms with E-state index < -0.39 is 34.7 Å². The van der Waals surface area contributed by atoms with Gasteiger partial charge in [0.05, 0.1) is 23.8 Å². The Bertz CT molecular complexity index is 894. The second kappa shape index (κ2) is 12.3. The Labute approximate surface area is 208 Å². The van der Waals surface area contributed by atoms with Crippen molar-refractivity contribution in [2.24, 2.45) is 5.92 Å². The molecule has 0 radical (unpaired) electrons. The number of carbonyl (C=O) groups is 2. The summed E-state index contributed by atoms with van der Waals surface area (Å²) in [5.74, 6) is -0.749. The summed E-state index contributed by atoms with van der Waals surface area (Å²) < 4.78 is 17.2. The van der Waals surface area contributed by atoms with E-state index in [4.69, 9.17) is 13.6 Å². The number of aliphatic hydroxyl groups is 1. The van der Waals surface area contributed by atoms with E-state index >= 15 is 0 Å². The third-order valence-electron chi connectivity index (χ3n) is 5.23. The molecule has 0 spiro atoms. The molecule has 0 heterocycles. The molecule has 0 amide bonds. The molecule has 0 aliphatic rings. The van der Waals surface area contributed by atoms with Crippen LogP contribution in [-0.4, -0.2) is 63.2 Å². The summed E-state index contributed by atoms with van der Waals surface area (Å²) in [4.78, 5) is 24.3. The Morgan fingerprint density at radius 2 is 1.14 bits per heavy atom. The van der Waals surface area contributed by atoms with Gasteiger partial charge in [-0.15, -0.1) is 0 Å². The maximum absolute atomic E-state index is 12.2. The first-order valence-corrected chi connectivity index (χ1v) is 17.8. The van der Waals surface area contributed by atoms with Gasteiger partial charge < -0.3 is 28.9 Å². The maximum atomic E-state index is 12.2. The second-order valence-electron chi connectivity index (χ2n) is 10.1. The standard InChI is InChI=1S/C25H36O8Si2/c1-18(14-31-24(29)19-6-10-21(26)11-7-19)16-34(2,3)33-35(4,5)17-23(28)15-32-25(30)20-8-12-22(27)13-9-20/h6-13,18,23,26-28H,14-17H2,1-5H3. The van der Waals surface area contributed by atoms with Gasteiger partial charge in [0.2, 0.25) is 0 Å². The highest BCUT2D eigenvalue weighted by Gasteiger charge is 2.36. The van der Waals surface area contributed by atoms with E-state index in [9.17, 15) is 24.9 Å². The molecule has 2 atom stereocenters. The van der Waals surface area contributed by atoms with Crippen molar-refractivity contribution in [3.05, 3.63) is 59.7 Å². The minimum atomic E-state index is -2.27. The van der Waals surface area contributed by atoms with Crippen molar-refractivity contribution in [1.82, 2.24) is 0 Å². The van der Waals surface area contributed by atoms with Crippen molar-refractivity contribution in [2.45, 2.75) is 51.3 Å². The molecule has 0 aliphatic heterocycles. The fraction of sp³-hybridized carbons (Fsp3) is 0.440. The second-order valence-corrected chi connectivity index (χ2v) is 18.8. The van der Waals surface area contributed by atoms with Gasteiger partial charge in [-0.25, -0.2) is 9.59 Å². The van der Waals surface area contributed by atoms with Gasteiger partial charge in [-0.3, -0.25) is 0 Å². The van der Waals surface area contributed by atoms with Crippen LogP contribution < -0.4 is 0 Å². The molecule has 35 heavy (non-hydrogen) atoms. The van der Waals surface area contributed by atoms with E-state index in [1.165, 1.54) is 48.5 Å². The molecule has 192 valence electrons. The lowest BCUT2D eigenvalue weighted by atomic mass is 10.2. The molecule has 3 N–H and O–H groups in total. The van der Waals surface area contributed by atoms with Crippen LogP contribution in [-0.2, 0) is 13.6 Å². The van der Waals surface area contributed by atoms with Gasteiger partial charge in [0, 0.05) is 0 Å². The molecule has 0 aromatic heterocycles. The van der Waals surface area contributed by atoms with Crippen LogP contribution >= 0.6 is 0 Å². The first-order valence-electron chi connectivity index (χ1n) is 11.6. The molecule has 0 saturated heterocycles. The highest BCUT2D eigenvalue weighted by atomic mass is 28.4. The van der Waals surface area contributed by atoms with Crippen LogP contribution in [0.2, 0.25) is 38.3 Å². The first kappa shape index (κ1) is 28.6. The van der Waals surface area contributed by atoms with Gasteiger partial charge in [-0.05, 0) is 92.7 Å². The quantitative estimate of drug-likeness (QED) is 0.275. The van der Waals surface area contributed by atoms with Crippen LogP contribution in [0.4, 0.5) is 0 Å². The SMILES string of the molecule is CC(COC(=O)c1ccc(O)cc1)C[Si](C)(C)O[Si](C)(C)CC(O)COC(=O)c1ccc(O)cc1. The Kier molecular flexibility index (Phi) is 10.1. The fourth-order valence-corrected chi connectivity index (χ4v) is 13.8. The Hall–Kier alpha value is -2.67. The zero-order chi connectivity index (χ0) is 26.2. The van der Waals surface area contributed by atoms with E-state index in [1.54, 1.807) is 0 Å². The van der Waals surface area contributed by atoms with E-state index in [-0.39, 0.29) is 30.6 Å². The summed E-state index contributed by atoms with van der Waals surface area (Å²) in [5.41, 5.74) is 0.688. The number of hydrogen-bond acceptors (Lipinski definition) is 8. The molecule has 8 nitrogen and oxygen atoms in total. The van der Waals surface area contributed by atoms with Crippen molar-refractivity contribution in [3.63, 3.8) is 0 Å². The van der Waals surface area contributed by atoms with Crippen LogP contribution in [0, 0.1) is 5.92 Å². The van der Waals surface area contributed by atoms with Crippen molar-refractivity contribution >= 4 is 28.6 Å². The van der Waals surface area contributed by atoms with Gasteiger partial charge >= 0.3 is 11.9 Å². The average molecular weight is 521 g/mol. The molecule has 0 aliphatic carbocycles. The molecule has 0 fully saturated rings. The number of phenols is 2. The Balaban J connectivity index is 1.78. The smallest absolute Gasteiger partial charge is 0.338 e. The summed E-state index contributed by atoms with van der Waals surface area (Å²) >= 11 is 0. The van der Waals surface area contributed by atoms with Crippen LogP contribution in [0.3, 0.4) is 0 Å². The Morgan fingerprint density at radius 3 is 1.60 bits per heavy atom. The average Bonchev–Trinajstić information content (AvgIpc) is 2.75. The van der Waals surface area contributed by atoms with Gasteiger partial charge in [-0.2, -0.15) is 0 Å². The van der Waals surface area contributed by atoms with Gasteiger partial charge in [0.25, 0.3) is 0 Å². The number of esters is 2. The first-order chi connectivity index (χ1) is 16.3. The minimum absolute atomic E-state index is 0.0584. The van der Waals surface area contributed by atoms with Crippen molar-refractivity contribution in [2.75, 3.05) is 13.2 Å². The predicted octanol–water partition coefficient (Wildman–Crippen LogP) is 4.54. The van der Waals surface area contributed by atoms with Gasteiger partial charge in [-0.1, -0.05) is 6.92 Å². The molecule has 2 aromatic rings. The van der Waals surface area contributed by atoms with E-state index in [2.05, 4.69) is 13.1 Å². The Morgan fingerprint density at radius 1 is 0.743 bits per heavy atom. The molecular weight excluding hydrogens is 484 g/mol. The lowest BCUT2D eigenvalue weighted by Gasteiger charge is -2.36. The number of hydrogen-bond donors (Lipinski definition) is 3. The topological polar surface area (TPSA) is 123 Å². The third kappa shape index (κ3) is 10.2. The zero-order valence-electron chi connectivity index (χ0n) is 21.0. The number of ether oxygens (including phenoxy) is 2. The van der Waals surface area contributed by atoms with Gasteiger partial charge in [0.1, 0.15) is 18.1 Å². The molecule has 0 bridgehead atoms. The molecule has 2 rings (SSSR count). The number of aromatic hydroxyl groups is 2. The number of phenolic OH excluding ortho intramolecular Hbond substituents is 2. The van der Waals surface area contributed by atoms with Crippen LogP contribution in [0.1, 0.15) is 27.6 Å². The fourth-order valence-electron chi connectivity index (χ4n) is 4.11. The monoisotopic (exact) mass is 520 g/mol. The summed E-state index contributed by atoms with van der Waals surface area (Å²) in [6.07, 6.45) is -0.841. The summed E-state index contributed by atoms with van der Waals surface area (Å²) in [6, 6.07) is 12.8. The molecule has 2 aromatic carbocycles. The summed E-state index contributed by atoms with van der Waals surface area (Å²) in [6.45, 7) is 10.4. The zero-order valence-corrected chi connectivity index (χ0v) is 23.0. The predicted molar refractivity (Wildman–Crippen MR) is 138 cm³/mol. The normalized spacial score (nSPS) is 13.7. The molecule has 0 saturated carbocycles. The van der Waals surface area contributed by atoms with Crippen LogP contribution in [0.5, 0.6) is 11.5 Å². The number of aliphatic hydroxyl groups excluding tert-OH is 1. The van der Waals surface area contributed by atoms with Crippen molar-refractivity contribution in [1.29, 1.82) is 0 Å². The van der Waals surface area contributed by atoms with E-state index in [1.807, 2.05) is 20.0 Å². The lowest BCUT2D eigenvalue weighted by molar-refractivity contribution is 0.0289. The van der Waals surface area contributed by atoms with Crippen molar-refractivity contribution in [3.8, 4) is 11.5 Å². The molecular formula is C25H36O8Si2. The number of benzene rings is 2. The molecule has 2 unspecified atom stereocenters. The third-order valence-corrected chi connectivity index (χ3v) is 12.8. The number of carbonyl (C=O) groups excluding carboxylic acids is 2. The van der Waals surface area contributed by atoms with Crippen LogP contribution in [0.15, 0.2) is 48.5 Å². The largest absolute Gasteiger partial charge is 0.508 e. The maximum Gasteiger partial charge on any atom is 0.338 e. The van der Waals surface area contributed by atoms with E-state index in [0.29, 0.717) is 17.2 Å². The van der Waals surface area contributed by atoms with Gasteiger partial charge in [0.15, 0.2) is 16.6 Å². The highest BCUT2D eigenvalue weighted by Crippen LogP contribution is 2.26. The summed E-state index contributed by atoms with van der Waals surface area (Å²) in [7, 11) is -4.41. The summed E-state index contributed by atoms with van der Waals surface area (Å²) in [5, 5.41) is 29.1. The van der Waals surface area contributed by atoms with E-state index in [0.717, 1.165) is 6.04 Å². The minimum Gasteiger partial charge on any atom is -0.508 e.